The fourth-order valence-electron chi connectivity index (χ4n) is 2.43. The van der Waals surface area contributed by atoms with Gasteiger partial charge in [0, 0.05) is 10.8 Å². The maximum absolute atomic E-state index is 8.56. The van der Waals surface area contributed by atoms with Crippen molar-refractivity contribution in [2.75, 3.05) is 14.2 Å². The number of fused-ring (bicyclic) bond motifs is 2. The van der Waals surface area contributed by atoms with E-state index >= 15 is 0 Å². The minimum absolute atomic E-state index is 0. The van der Waals surface area contributed by atoms with Crippen LogP contribution in [0.15, 0.2) is 42.5 Å². The van der Waals surface area contributed by atoms with Crippen LogP contribution >= 0.6 is 0 Å². The van der Waals surface area contributed by atoms with Gasteiger partial charge in [0.2, 0.25) is 0 Å². The zero-order chi connectivity index (χ0) is 16.1. The summed E-state index contributed by atoms with van der Waals surface area (Å²) < 4.78 is 35.2. The van der Waals surface area contributed by atoms with E-state index in [2.05, 4.69) is 6.07 Å². The molecule has 23 heavy (non-hydrogen) atoms. The molecular weight excluding hydrogens is 327 g/mol. The number of methoxy groups -OCH3 is 2. The maximum atomic E-state index is 8.56. The molecule has 1 atom stereocenters. The summed E-state index contributed by atoms with van der Waals surface area (Å²) in [5, 5.41) is 4.20. The van der Waals surface area contributed by atoms with Crippen molar-refractivity contribution in [2.45, 2.75) is 0 Å². The van der Waals surface area contributed by atoms with Gasteiger partial charge in [0.05, 0.1) is 31.3 Å². The number of rotatable bonds is 2. The van der Waals surface area contributed by atoms with Gasteiger partial charge in [-0.2, -0.15) is 24.3 Å². The second kappa shape index (κ2) is 9.22. The van der Waals surface area contributed by atoms with E-state index in [0.717, 1.165) is 33.0 Å². The Morgan fingerprint density at radius 2 is 1.43 bits per heavy atom. The molecule has 5 nitrogen and oxygen atoms in total. The van der Waals surface area contributed by atoms with E-state index in [1.165, 1.54) is 0 Å². The van der Waals surface area contributed by atoms with Crippen molar-refractivity contribution in [2.24, 2.45) is 0 Å². The van der Waals surface area contributed by atoms with Crippen LogP contribution in [0.2, 0.25) is 0 Å². The van der Waals surface area contributed by atoms with E-state index in [0.29, 0.717) is 0 Å². The molecule has 7 heteroatoms. The summed E-state index contributed by atoms with van der Waals surface area (Å²) >= 11 is -2.86. The van der Waals surface area contributed by atoms with Crippen molar-refractivity contribution < 1.29 is 52.3 Å². The third-order valence-electron chi connectivity index (χ3n) is 3.18. The predicted octanol–water partition coefficient (Wildman–Crippen LogP) is 0.153. The first-order valence-electron chi connectivity index (χ1n) is 6.31. The molecule has 0 saturated heterocycles. The largest absolute Gasteiger partial charge is 1.00 e. The SMILES string of the molecule is COc1c2c[c-]ccc2c(OC)c2ccccc12.O=S([O-])O.[Na+]. The first kappa shape index (κ1) is 19.9. The number of ether oxygens (including phenoxy) is 2. The van der Waals surface area contributed by atoms with Crippen LogP contribution in [0.25, 0.3) is 21.5 Å². The molecule has 0 saturated carbocycles. The smallest absolute Gasteiger partial charge is 0.750 e. The van der Waals surface area contributed by atoms with Gasteiger partial charge in [0.1, 0.15) is 5.75 Å². The monoisotopic (exact) mass is 341 g/mol. The molecule has 0 aromatic heterocycles. The Labute approximate surface area is 159 Å². The zero-order valence-electron chi connectivity index (χ0n) is 13.0. The van der Waals surface area contributed by atoms with Gasteiger partial charge in [-0.05, 0) is 0 Å². The predicted molar refractivity (Wildman–Crippen MR) is 84.9 cm³/mol. The van der Waals surface area contributed by atoms with Gasteiger partial charge in [0.25, 0.3) is 0 Å². The normalized spacial score (nSPS) is 11.1. The fourth-order valence-corrected chi connectivity index (χ4v) is 2.43. The fraction of sp³-hybridized carbons (Fsp3) is 0.125. The van der Waals surface area contributed by atoms with E-state index < -0.39 is 11.4 Å². The van der Waals surface area contributed by atoms with E-state index in [1.807, 2.05) is 42.5 Å². The Bertz CT molecular complexity index is 699. The molecule has 0 heterocycles. The van der Waals surface area contributed by atoms with Crippen LogP contribution in [0.3, 0.4) is 0 Å². The van der Waals surface area contributed by atoms with Gasteiger partial charge < -0.3 is 18.6 Å². The molecule has 116 valence electrons. The number of benzene rings is 3. The molecule has 3 aromatic carbocycles. The van der Waals surface area contributed by atoms with Gasteiger partial charge in [-0.15, -0.1) is 0 Å². The zero-order valence-corrected chi connectivity index (χ0v) is 15.8. The first-order valence-corrected chi connectivity index (χ1v) is 7.34. The van der Waals surface area contributed by atoms with E-state index in [-0.39, 0.29) is 29.6 Å². The van der Waals surface area contributed by atoms with Gasteiger partial charge in [-0.3, -0.25) is 0 Å². The molecule has 0 amide bonds. The Morgan fingerprint density at radius 3 is 1.91 bits per heavy atom. The Hall–Kier alpha value is -1.15. The van der Waals surface area contributed by atoms with Crippen molar-refractivity contribution in [1.29, 1.82) is 0 Å². The quantitative estimate of drug-likeness (QED) is 0.311. The van der Waals surface area contributed by atoms with Gasteiger partial charge in [0.15, 0.2) is 0 Å². The first-order chi connectivity index (χ1) is 10.6. The Kier molecular flexibility index (Phi) is 7.98. The van der Waals surface area contributed by atoms with Crippen molar-refractivity contribution in [3.8, 4) is 11.5 Å². The van der Waals surface area contributed by atoms with E-state index in [1.54, 1.807) is 14.2 Å². The molecule has 0 radical (unpaired) electrons. The van der Waals surface area contributed by atoms with Crippen molar-refractivity contribution in [1.82, 2.24) is 0 Å². The van der Waals surface area contributed by atoms with Crippen molar-refractivity contribution >= 4 is 32.9 Å². The molecule has 1 N–H and O–H groups in total. The summed E-state index contributed by atoms with van der Waals surface area (Å²) in [6.45, 7) is 0. The van der Waals surface area contributed by atoms with Gasteiger partial charge in [-0.1, -0.05) is 35.0 Å². The summed E-state index contributed by atoms with van der Waals surface area (Å²) in [4.78, 5) is 0. The van der Waals surface area contributed by atoms with Crippen LogP contribution < -0.4 is 39.0 Å². The molecule has 0 spiro atoms. The average Bonchev–Trinajstić information content (AvgIpc) is 2.52. The number of hydrogen-bond donors (Lipinski definition) is 1. The average molecular weight is 341 g/mol. The molecule has 0 bridgehead atoms. The molecule has 3 aromatic rings. The molecule has 0 aliphatic carbocycles. The standard InChI is InChI=1S/C16H13O2.Na.H2O3S/c1-17-15-11-7-3-5-9-13(11)16(18-2)14-10-6-4-8-12(14)15;;1-4(2)3/h3-5,7-10H,1-2H3;;(H2,1,2,3)/q-1;+1;/p-1. The minimum atomic E-state index is -2.86. The molecule has 0 fully saturated rings. The van der Waals surface area contributed by atoms with Gasteiger partial charge in [-0.25, -0.2) is 4.21 Å². The third kappa shape index (κ3) is 4.44. The van der Waals surface area contributed by atoms with Crippen LogP contribution in [-0.4, -0.2) is 27.5 Å². The van der Waals surface area contributed by atoms with Crippen molar-refractivity contribution in [3.63, 3.8) is 0 Å². The van der Waals surface area contributed by atoms with E-state index in [4.69, 9.17) is 22.8 Å². The molecule has 0 aliphatic heterocycles. The molecule has 3 rings (SSSR count). The van der Waals surface area contributed by atoms with Crippen LogP contribution in [0, 0.1) is 6.07 Å². The summed E-state index contributed by atoms with van der Waals surface area (Å²) in [6.07, 6.45) is 0. The second-order valence-corrected chi connectivity index (χ2v) is 4.74. The second-order valence-electron chi connectivity index (χ2n) is 4.30. The number of hydrogen-bond acceptors (Lipinski definition) is 4. The minimum Gasteiger partial charge on any atom is -0.750 e. The van der Waals surface area contributed by atoms with Crippen LogP contribution in [-0.2, 0) is 11.4 Å². The van der Waals surface area contributed by atoms with Crippen LogP contribution in [0.4, 0.5) is 0 Å². The third-order valence-corrected chi connectivity index (χ3v) is 3.18. The van der Waals surface area contributed by atoms with Crippen LogP contribution in [0.5, 0.6) is 11.5 Å². The Morgan fingerprint density at radius 1 is 1.00 bits per heavy atom. The summed E-state index contributed by atoms with van der Waals surface area (Å²) in [5.41, 5.74) is 0. The molecular formula is C16H14NaO5S-. The summed E-state index contributed by atoms with van der Waals surface area (Å²) in [7, 11) is 3.39. The molecule has 0 aliphatic rings. The Balaban J connectivity index is 0.000000478. The van der Waals surface area contributed by atoms with Crippen LogP contribution in [0.1, 0.15) is 0 Å². The summed E-state index contributed by atoms with van der Waals surface area (Å²) in [5.74, 6) is 1.76. The van der Waals surface area contributed by atoms with Gasteiger partial charge >= 0.3 is 29.6 Å². The van der Waals surface area contributed by atoms with Crippen molar-refractivity contribution in [3.05, 3.63) is 48.5 Å². The molecule has 1 unspecified atom stereocenters. The maximum Gasteiger partial charge on any atom is 1.00 e. The summed E-state index contributed by atoms with van der Waals surface area (Å²) in [6, 6.07) is 17.0. The topological polar surface area (TPSA) is 78.8 Å². The van der Waals surface area contributed by atoms with E-state index in [9.17, 15) is 0 Å².